The Labute approximate surface area is 127 Å². The zero-order chi connectivity index (χ0) is 16.0. The normalized spacial score (nSPS) is 11.3. The largest absolute Gasteiger partial charge is 0.418 e. The maximum atomic E-state index is 12.9. The molecule has 0 atom stereocenters. The van der Waals surface area contributed by atoms with Crippen LogP contribution in [0.15, 0.2) is 18.2 Å². The first kappa shape index (κ1) is 17.6. The Bertz CT molecular complexity index is 492. The first-order valence-electron chi connectivity index (χ1n) is 6.60. The number of alkyl halides is 3. The minimum Gasteiger partial charge on any atom is -0.376 e. The summed E-state index contributed by atoms with van der Waals surface area (Å²) in [6.45, 7) is 2.40. The van der Waals surface area contributed by atoms with Crippen LogP contribution in [0.4, 0.5) is 18.9 Å². The van der Waals surface area contributed by atoms with Crippen molar-refractivity contribution in [2.24, 2.45) is 0 Å². The van der Waals surface area contributed by atoms with Gasteiger partial charge >= 0.3 is 6.18 Å². The molecule has 0 aliphatic carbocycles. The van der Waals surface area contributed by atoms with E-state index in [0.29, 0.717) is 6.54 Å². The molecule has 0 spiro atoms. The van der Waals surface area contributed by atoms with E-state index in [9.17, 15) is 18.0 Å². The van der Waals surface area contributed by atoms with Crippen LogP contribution in [-0.4, -0.2) is 30.9 Å². The quantitative estimate of drug-likeness (QED) is 0.857. The maximum Gasteiger partial charge on any atom is 0.418 e. The van der Waals surface area contributed by atoms with Crippen LogP contribution < -0.4 is 5.32 Å². The van der Waals surface area contributed by atoms with Crippen molar-refractivity contribution in [2.45, 2.75) is 25.9 Å². The third kappa shape index (κ3) is 5.46. The predicted octanol–water partition coefficient (Wildman–Crippen LogP) is 4.03. The lowest BCUT2D eigenvalue weighted by Gasteiger charge is -2.19. The first-order chi connectivity index (χ1) is 9.75. The highest BCUT2D eigenvalue weighted by atomic mass is 35.5. The summed E-state index contributed by atoms with van der Waals surface area (Å²) in [5.74, 6) is -0.258. The number of anilines is 1. The van der Waals surface area contributed by atoms with Crippen LogP contribution in [-0.2, 0) is 11.0 Å². The van der Waals surface area contributed by atoms with Crippen LogP contribution in [0.2, 0.25) is 5.02 Å². The second kappa shape index (κ2) is 7.54. The molecule has 0 saturated carbocycles. The molecular weight excluding hydrogens is 305 g/mol. The van der Waals surface area contributed by atoms with E-state index in [1.807, 2.05) is 6.92 Å². The second-order valence-corrected chi connectivity index (χ2v) is 5.15. The van der Waals surface area contributed by atoms with E-state index in [2.05, 4.69) is 5.32 Å². The van der Waals surface area contributed by atoms with Gasteiger partial charge in [0.25, 0.3) is 0 Å². The number of likely N-dealkylation sites (N-methyl/N-ethyl adjacent to an activating group) is 1. The zero-order valence-corrected chi connectivity index (χ0v) is 12.7. The Hall–Kier alpha value is -1.43. The second-order valence-electron chi connectivity index (χ2n) is 4.71. The summed E-state index contributed by atoms with van der Waals surface area (Å²) in [6, 6.07) is 3.42. The number of carbonyl (C=O) groups excluding carboxylic acids is 1. The predicted molar refractivity (Wildman–Crippen MR) is 77.5 cm³/mol. The van der Waals surface area contributed by atoms with Gasteiger partial charge in [-0.1, -0.05) is 24.9 Å². The average Bonchev–Trinajstić information content (AvgIpc) is 2.41. The minimum atomic E-state index is -4.52. The summed E-state index contributed by atoms with van der Waals surface area (Å²) < 4.78 is 38.7. The Balaban J connectivity index is 2.73. The first-order valence-corrected chi connectivity index (χ1v) is 6.98. The molecule has 1 N–H and O–H groups in total. The molecule has 1 amide bonds. The van der Waals surface area contributed by atoms with Crippen molar-refractivity contribution in [3.05, 3.63) is 28.8 Å². The van der Waals surface area contributed by atoms with Crippen molar-refractivity contribution >= 4 is 23.2 Å². The van der Waals surface area contributed by atoms with Gasteiger partial charge in [-0.2, -0.15) is 13.2 Å². The number of halogens is 4. The molecule has 0 bridgehead atoms. The molecule has 0 fully saturated rings. The van der Waals surface area contributed by atoms with Gasteiger partial charge in [0.15, 0.2) is 0 Å². The monoisotopic (exact) mass is 322 g/mol. The lowest BCUT2D eigenvalue weighted by atomic mass is 10.1. The third-order valence-corrected chi connectivity index (χ3v) is 3.23. The topological polar surface area (TPSA) is 32.3 Å². The highest BCUT2D eigenvalue weighted by molar-refractivity contribution is 6.30. The van der Waals surface area contributed by atoms with Crippen molar-refractivity contribution in [1.82, 2.24) is 4.90 Å². The van der Waals surface area contributed by atoms with Crippen LogP contribution in [0, 0.1) is 0 Å². The number of unbranched alkanes of at least 4 members (excludes halogenated alkanes) is 1. The van der Waals surface area contributed by atoms with E-state index >= 15 is 0 Å². The summed E-state index contributed by atoms with van der Waals surface area (Å²) >= 11 is 5.59. The SMILES string of the molecule is CCCCN(C)C(=O)CNc1ccc(Cl)cc1C(F)(F)F. The van der Waals surface area contributed by atoms with E-state index in [0.717, 1.165) is 18.9 Å². The molecule has 0 aliphatic heterocycles. The summed E-state index contributed by atoms with van der Waals surface area (Å²) in [4.78, 5) is 13.3. The molecule has 3 nitrogen and oxygen atoms in total. The van der Waals surface area contributed by atoms with Gasteiger partial charge in [-0.3, -0.25) is 4.79 Å². The molecule has 1 aromatic carbocycles. The van der Waals surface area contributed by atoms with Crippen LogP contribution in [0.25, 0.3) is 0 Å². The molecule has 0 saturated heterocycles. The molecule has 7 heteroatoms. The number of amides is 1. The molecule has 0 heterocycles. The van der Waals surface area contributed by atoms with Gasteiger partial charge in [-0.15, -0.1) is 0 Å². The summed E-state index contributed by atoms with van der Waals surface area (Å²) in [6.07, 6.45) is -2.72. The van der Waals surface area contributed by atoms with Gasteiger partial charge in [0, 0.05) is 24.3 Å². The standard InChI is InChI=1S/C14H18ClF3N2O/c1-3-4-7-20(2)13(21)9-19-12-6-5-10(15)8-11(12)14(16,17)18/h5-6,8,19H,3-4,7,9H2,1-2H3. The average molecular weight is 323 g/mol. The van der Waals surface area contributed by atoms with E-state index in [1.165, 1.54) is 17.0 Å². The minimum absolute atomic E-state index is 0.000680. The molecule has 0 radical (unpaired) electrons. The molecule has 0 aliphatic rings. The van der Waals surface area contributed by atoms with Crippen LogP contribution >= 0.6 is 11.6 Å². The van der Waals surface area contributed by atoms with Gasteiger partial charge < -0.3 is 10.2 Å². The molecule has 21 heavy (non-hydrogen) atoms. The van der Waals surface area contributed by atoms with Crippen LogP contribution in [0.5, 0.6) is 0 Å². The molecular formula is C14H18ClF3N2O. The van der Waals surface area contributed by atoms with Crippen LogP contribution in [0.1, 0.15) is 25.3 Å². The summed E-state index contributed by atoms with van der Waals surface area (Å²) in [5, 5.41) is 2.53. The molecule has 0 unspecified atom stereocenters. The maximum absolute atomic E-state index is 12.9. The zero-order valence-electron chi connectivity index (χ0n) is 11.9. The van der Waals surface area contributed by atoms with Crippen molar-refractivity contribution in [3.8, 4) is 0 Å². The van der Waals surface area contributed by atoms with Gasteiger partial charge in [-0.05, 0) is 24.6 Å². The van der Waals surface area contributed by atoms with Crippen molar-refractivity contribution < 1.29 is 18.0 Å². The van der Waals surface area contributed by atoms with E-state index in [1.54, 1.807) is 7.05 Å². The van der Waals surface area contributed by atoms with Gasteiger partial charge in [0.2, 0.25) is 5.91 Å². The molecule has 1 rings (SSSR count). The third-order valence-electron chi connectivity index (χ3n) is 2.99. The number of benzene rings is 1. The van der Waals surface area contributed by atoms with Gasteiger partial charge in [-0.25, -0.2) is 0 Å². The van der Waals surface area contributed by atoms with Gasteiger partial charge in [0.1, 0.15) is 0 Å². The lowest BCUT2D eigenvalue weighted by molar-refractivity contribution is -0.137. The molecule has 118 valence electrons. The Morgan fingerprint density at radius 3 is 2.62 bits per heavy atom. The van der Waals surface area contributed by atoms with E-state index < -0.39 is 11.7 Å². The number of carbonyl (C=O) groups is 1. The number of hydrogen-bond acceptors (Lipinski definition) is 2. The fourth-order valence-electron chi connectivity index (χ4n) is 1.73. The van der Waals surface area contributed by atoms with Crippen LogP contribution in [0.3, 0.4) is 0 Å². The van der Waals surface area contributed by atoms with E-state index in [-0.39, 0.29) is 23.2 Å². The van der Waals surface area contributed by atoms with Crippen molar-refractivity contribution in [2.75, 3.05) is 25.5 Å². The molecule has 1 aromatic rings. The Morgan fingerprint density at radius 1 is 1.38 bits per heavy atom. The summed E-state index contributed by atoms with van der Waals surface area (Å²) in [5.41, 5.74) is -1.02. The lowest BCUT2D eigenvalue weighted by Crippen LogP contribution is -2.33. The number of hydrogen-bond donors (Lipinski definition) is 1. The highest BCUT2D eigenvalue weighted by Crippen LogP contribution is 2.36. The highest BCUT2D eigenvalue weighted by Gasteiger charge is 2.33. The number of rotatable bonds is 6. The smallest absolute Gasteiger partial charge is 0.376 e. The Kier molecular flexibility index (Phi) is 6.33. The number of nitrogens with zero attached hydrogens (tertiary/aromatic N) is 1. The van der Waals surface area contributed by atoms with Crippen molar-refractivity contribution in [1.29, 1.82) is 0 Å². The Morgan fingerprint density at radius 2 is 2.05 bits per heavy atom. The van der Waals surface area contributed by atoms with Crippen molar-refractivity contribution in [3.63, 3.8) is 0 Å². The van der Waals surface area contributed by atoms with Gasteiger partial charge in [0.05, 0.1) is 12.1 Å². The fraction of sp³-hybridized carbons (Fsp3) is 0.500. The summed E-state index contributed by atoms with van der Waals surface area (Å²) in [7, 11) is 1.63. The molecule has 0 aromatic heterocycles. The number of nitrogens with one attached hydrogen (secondary N) is 1. The fourth-order valence-corrected chi connectivity index (χ4v) is 1.90. The van der Waals surface area contributed by atoms with E-state index in [4.69, 9.17) is 11.6 Å².